The zero-order valence-corrected chi connectivity index (χ0v) is 11.7. The maximum atomic E-state index is 5.62. The monoisotopic (exact) mass is 275 g/mol. The largest absolute Gasteiger partial charge is 0.477 e. The average Bonchev–Trinajstić information content (AvgIpc) is 2.78. The Labute approximate surface area is 114 Å². The third kappa shape index (κ3) is 1.95. The first-order chi connectivity index (χ1) is 9.20. The van der Waals surface area contributed by atoms with Crippen LogP contribution >= 0.6 is 11.3 Å². The molecule has 3 aromatic heterocycles. The van der Waals surface area contributed by atoms with Crippen molar-refractivity contribution in [3.8, 4) is 5.88 Å². The summed E-state index contributed by atoms with van der Waals surface area (Å²) in [4.78, 5) is 20.3. The Kier molecular flexibility index (Phi) is 2.90. The molecule has 0 unspecified atom stereocenters. The van der Waals surface area contributed by atoms with E-state index in [0.29, 0.717) is 18.4 Å². The van der Waals surface area contributed by atoms with Crippen LogP contribution in [0.25, 0.3) is 20.6 Å². The summed E-state index contributed by atoms with van der Waals surface area (Å²) in [6, 6.07) is 0. The number of hydrogen-bond donors (Lipinski definition) is 0. The lowest BCUT2D eigenvalue weighted by molar-refractivity contribution is 0.331. The van der Waals surface area contributed by atoms with Gasteiger partial charge in [-0.2, -0.15) is 4.98 Å². The van der Waals surface area contributed by atoms with Gasteiger partial charge < -0.3 is 9.64 Å². The predicted molar refractivity (Wildman–Crippen MR) is 76.0 cm³/mol. The lowest BCUT2D eigenvalue weighted by Gasteiger charge is -2.11. The Balaban J connectivity index is 2.38. The van der Waals surface area contributed by atoms with Crippen molar-refractivity contribution in [2.75, 3.05) is 25.6 Å². The molecular formula is C12H13N5OS. The van der Waals surface area contributed by atoms with Gasteiger partial charge in [-0.25, -0.2) is 15.0 Å². The molecule has 0 fully saturated rings. The second-order valence-corrected chi connectivity index (χ2v) is 5.15. The molecule has 3 aromatic rings. The number of anilines is 1. The van der Waals surface area contributed by atoms with E-state index in [0.717, 1.165) is 20.6 Å². The second kappa shape index (κ2) is 4.58. The van der Waals surface area contributed by atoms with Crippen molar-refractivity contribution in [3.63, 3.8) is 0 Å². The van der Waals surface area contributed by atoms with Gasteiger partial charge in [0.2, 0.25) is 11.8 Å². The molecule has 7 heteroatoms. The minimum absolute atomic E-state index is 0.564. The summed E-state index contributed by atoms with van der Waals surface area (Å²) in [6.07, 6.45) is 3.35. The van der Waals surface area contributed by atoms with Gasteiger partial charge in [0.15, 0.2) is 0 Å². The summed E-state index contributed by atoms with van der Waals surface area (Å²) >= 11 is 1.51. The van der Waals surface area contributed by atoms with Crippen molar-refractivity contribution in [3.05, 3.63) is 12.4 Å². The fraction of sp³-hybridized carbons (Fsp3) is 0.333. The Morgan fingerprint density at radius 3 is 2.68 bits per heavy atom. The van der Waals surface area contributed by atoms with Crippen LogP contribution in [0.15, 0.2) is 12.4 Å². The molecule has 0 aromatic carbocycles. The van der Waals surface area contributed by atoms with E-state index < -0.39 is 0 Å². The zero-order chi connectivity index (χ0) is 13.4. The highest BCUT2D eigenvalue weighted by Gasteiger charge is 2.16. The summed E-state index contributed by atoms with van der Waals surface area (Å²) in [6.45, 7) is 2.50. The van der Waals surface area contributed by atoms with E-state index >= 15 is 0 Å². The number of hydrogen-bond acceptors (Lipinski definition) is 7. The maximum absolute atomic E-state index is 5.62. The van der Waals surface area contributed by atoms with Crippen molar-refractivity contribution in [1.82, 2.24) is 19.9 Å². The van der Waals surface area contributed by atoms with Gasteiger partial charge in [0.25, 0.3) is 0 Å². The fourth-order valence-electron chi connectivity index (χ4n) is 1.76. The Morgan fingerprint density at radius 2 is 1.95 bits per heavy atom. The van der Waals surface area contributed by atoms with Crippen molar-refractivity contribution in [1.29, 1.82) is 0 Å². The SMILES string of the molecule is CCOc1nc(N(C)C)nc2c1sc1nccnc12. The average molecular weight is 275 g/mol. The van der Waals surface area contributed by atoms with Crippen LogP contribution in [0, 0.1) is 0 Å². The Morgan fingerprint density at radius 1 is 1.16 bits per heavy atom. The van der Waals surface area contributed by atoms with Crippen LogP contribution in [0.3, 0.4) is 0 Å². The summed E-state index contributed by atoms with van der Waals surface area (Å²) in [5.74, 6) is 1.21. The van der Waals surface area contributed by atoms with Crippen LogP contribution in [0.1, 0.15) is 6.92 Å². The molecule has 0 amide bonds. The Bertz CT molecular complexity index is 739. The summed E-state index contributed by atoms with van der Waals surface area (Å²) in [5, 5.41) is 0. The van der Waals surface area contributed by atoms with Gasteiger partial charge in [0.1, 0.15) is 20.6 Å². The van der Waals surface area contributed by atoms with Gasteiger partial charge >= 0.3 is 0 Å². The number of nitrogens with zero attached hydrogens (tertiary/aromatic N) is 5. The highest BCUT2D eigenvalue weighted by Crippen LogP contribution is 2.36. The first-order valence-electron chi connectivity index (χ1n) is 5.92. The second-order valence-electron chi connectivity index (χ2n) is 4.15. The molecule has 3 rings (SSSR count). The summed E-state index contributed by atoms with van der Waals surface area (Å²) in [7, 11) is 3.80. The molecule has 98 valence electrons. The van der Waals surface area contributed by atoms with E-state index in [1.54, 1.807) is 12.4 Å². The van der Waals surface area contributed by atoms with Gasteiger partial charge in [0, 0.05) is 26.5 Å². The standard InChI is InChI=1S/C12H13N5OS/c1-4-18-10-9-7(15-12(16-10)17(2)3)8-11(19-9)14-6-5-13-8/h5-6H,4H2,1-3H3. The van der Waals surface area contributed by atoms with E-state index in [9.17, 15) is 0 Å². The molecule has 0 radical (unpaired) electrons. The molecule has 0 aliphatic carbocycles. The quantitative estimate of drug-likeness (QED) is 0.729. The molecule has 3 heterocycles. The summed E-state index contributed by atoms with van der Waals surface area (Å²) < 4.78 is 6.51. The van der Waals surface area contributed by atoms with Gasteiger partial charge in [-0.3, -0.25) is 0 Å². The summed E-state index contributed by atoms with van der Waals surface area (Å²) in [5.41, 5.74) is 1.60. The van der Waals surface area contributed by atoms with Gasteiger partial charge in [0.05, 0.1) is 6.61 Å². The molecular weight excluding hydrogens is 262 g/mol. The van der Waals surface area contributed by atoms with Crippen LogP contribution in [0.5, 0.6) is 5.88 Å². The molecule has 0 aliphatic rings. The number of rotatable bonds is 3. The highest BCUT2D eigenvalue weighted by molar-refractivity contribution is 7.25. The predicted octanol–water partition coefficient (Wildman–Crippen LogP) is 2.10. The van der Waals surface area contributed by atoms with E-state index in [1.165, 1.54) is 11.3 Å². The molecule has 6 nitrogen and oxygen atoms in total. The third-order valence-electron chi connectivity index (χ3n) is 2.59. The Hall–Kier alpha value is -2.02. The number of aromatic nitrogens is 4. The molecule has 0 N–H and O–H groups in total. The maximum Gasteiger partial charge on any atom is 0.236 e. The molecule has 0 saturated carbocycles. The minimum atomic E-state index is 0.564. The molecule has 0 saturated heterocycles. The van der Waals surface area contributed by atoms with Gasteiger partial charge in [-0.1, -0.05) is 0 Å². The first kappa shape index (κ1) is 12.0. The molecule has 0 atom stereocenters. The number of ether oxygens (including phenoxy) is 1. The highest BCUT2D eigenvalue weighted by atomic mass is 32.1. The normalized spacial score (nSPS) is 11.1. The van der Waals surface area contributed by atoms with Crippen molar-refractivity contribution >= 4 is 37.8 Å². The first-order valence-corrected chi connectivity index (χ1v) is 6.73. The third-order valence-corrected chi connectivity index (χ3v) is 3.66. The van der Waals surface area contributed by atoms with E-state index in [1.807, 2.05) is 25.9 Å². The number of fused-ring (bicyclic) bond motifs is 3. The van der Waals surface area contributed by atoms with Crippen molar-refractivity contribution in [2.45, 2.75) is 6.92 Å². The van der Waals surface area contributed by atoms with Crippen LogP contribution in [0.4, 0.5) is 5.95 Å². The molecule has 0 spiro atoms. The smallest absolute Gasteiger partial charge is 0.236 e. The van der Waals surface area contributed by atoms with Crippen molar-refractivity contribution < 1.29 is 4.74 Å². The topological polar surface area (TPSA) is 64.0 Å². The lowest BCUT2D eigenvalue weighted by Crippen LogP contribution is -2.13. The van der Waals surface area contributed by atoms with Crippen LogP contribution in [-0.4, -0.2) is 40.6 Å². The van der Waals surface area contributed by atoms with Gasteiger partial charge in [-0.15, -0.1) is 11.3 Å². The molecule has 0 bridgehead atoms. The molecule has 0 aliphatic heterocycles. The van der Waals surface area contributed by atoms with Crippen LogP contribution in [-0.2, 0) is 0 Å². The van der Waals surface area contributed by atoms with E-state index in [-0.39, 0.29) is 0 Å². The zero-order valence-electron chi connectivity index (χ0n) is 10.9. The van der Waals surface area contributed by atoms with Crippen molar-refractivity contribution in [2.24, 2.45) is 0 Å². The number of thiophene rings is 1. The van der Waals surface area contributed by atoms with E-state index in [2.05, 4.69) is 19.9 Å². The van der Waals surface area contributed by atoms with Crippen LogP contribution < -0.4 is 9.64 Å². The lowest BCUT2D eigenvalue weighted by atomic mass is 10.4. The van der Waals surface area contributed by atoms with E-state index in [4.69, 9.17) is 4.74 Å². The fourth-order valence-corrected chi connectivity index (χ4v) is 2.75. The molecule has 19 heavy (non-hydrogen) atoms. The van der Waals surface area contributed by atoms with Gasteiger partial charge in [-0.05, 0) is 6.92 Å². The van der Waals surface area contributed by atoms with Crippen LogP contribution in [0.2, 0.25) is 0 Å². The minimum Gasteiger partial charge on any atom is -0.477 e.